The topological polar surface area (TPSA) is 52.0 Å². The van der Waals surface area contributed by atoms with Crippen LogP contribution in [0.5, 0.6) is 0 Å². The lowest BCUT2D eigenvalue weighted by Crippen LogP contribution is -2.63. The Balaban J connectivity index is 1.95. The van der Waals surface area contributed by atoms with Crippen LogP contribution in [0.15, 0.2) is 0 Å². The minimum Gasteiger partial charge on any atom is -0.327 e. The Hall–Kier alpha value is -0.0800. The van der Waals surface area contributed by atoms with Crippen molar-refractivity contribution in [1.82, 2.24) is 0 Å². The van der Waals surface area contributed by atoms with Crippen LogP contribution in [0.4, 0.5) is 0 Å². The van der Waals surface area contributed by atoms with Crippen molar-refractivity contribution >= 4 is 0 Å². The zero-order chi connectivity index (χ0) is 8.34. The molecule has 0 radical (unpaired) electrons. The molecule has 4 aliphatic carbocycles. The van der Waals surface area contributed by atoms with Crippen molar-refractivity contribution in [2.75, 3.05) is 0 Å². The monoisotopic (exact) mass is 166 g/mol. The van der Waals surface area contributed by atoms with E-state index in [0.717, 1.165) is 17.8 Å². The molecule has 4 aliphatic rings. The first-order chi connectivity index (χ1) is 5.66. The van der Waals surface area contributed by atoms with E-state index in [0.29, 0.717) is 6.04 Å². The second-order valence-corrected chi connectivity index (χ2v) is 5.41. The first-order valence-corrected chi connectivity index (χ1v) is 5.21. The van der Waals surface area contributed by atoms with Crippen molar-refractivity contribution in [3.8, 4) is 0 Å². The lowest BCUT2D eigenvalue weighted by atomic mass is 9.51. The summed E-state index contributed by atoms with van der Waals surface area (Å²) in [7, 11) is 0. The van der Waals surface area contributed by atoms with Crippen LogP contribution < -0.4 is 11.5 Å². The summed E-state index contributed by atoms with van der Waals surface area (Å²) in [5.74, 6) is 2.45. The molecule has 0 saturated heterocycles. The standard InChI is InChI=1S/C10H18N2/c11-9-7-1-6-2-8(9)5-10(12,3-6)4-7/h6-9H,1-5,11-12H2/t6?,7?,8?,9-,10-. The molecule has 4 rings (SSSR count). The molecule has 4 saturated carbocycles. The Kier molecular flexibility index (Phi) is 1.25. The van der Waals surface area contributed by atoms with Crippen LogP contribution in [0.25, 0.3) is 0 Å². The highest BCUT2D eigenvalue weighted by atomic mass is 14.8. The highest BCUT2D eigenvalue weighted by Crippen LogP contribution is 2.53. The van der Waals surface area contributed by atoms with E-state index in [4.69, 9.17) is 11.5 Å². The second kappa shape index (κ2) is 2.05. The summed E-state index contributed by atoms with van der Waals surface area (Å²) in [6.45, 7) is 0. The van der Waals surface area contributed by atoms with Gasteiger partial charge in [-0.3, -0.25) is 0 Å². The average Bonchev–Trinajstić information content (AvgIpc) is 1.96. The van der Waals surface area contributed by atoms with Gasteiger partial charge >= 0.3 is 0 Å². The predicted molar refractivity (Wildman–Crippen MR) is 48.4 cm³/mol. The zero-order valence-electron chi connectivity index (χ0n) is 7.50. The van der Waals surface area contributed by atoms with Crippen molar-refractivity contribution in [3.63, 3.8) is 0 Å². The number of hydrogen-bond acceptors (Lipinski definition) is 2. The van der Waals surface area contributed by atoms with E-state index in [9.17, 15) is 0 Å². The van der Waals surface area contributed by atoms with Gasteiger partial charge in [-0.1, -0.05) is 0 Å². The molecule has 4 N–H and O–H groups in total. The van der Waals surface area contributed by atoms with Crippen molar-refractivity contribution in [2.45, 2.75) is 43.7 Å². The fourth-order valence-corrected chi connectivity index (χ4v) is 4.13. The maximum absolute atomic E-state index is 6.33. The normalized spacial score (nSPS) is 62.5. The Morgan fingerprint density at radius 1 is 1.00 bits per heavy atom. The van der Waals surface area contributed by atoms with Gasteiger partial charge in [0.25, 0.3) is 0 Å². The lowest BCUT2D eigenvalue weighted by Gasteiger charge is -2.58. The second-order valence-electron chi connectivity index (χ2n) is 5.41. The van der Waals surface area contributed by atoms with E-state index in [2.05, 4.69) is 0 Å². The number of hydrogen-bond donors (Lipinski definition) is 2. The fraction of sp³-hybridized carbons (Fsp3) is 1.00. The molecule has 0 aliphatic heterocycles. The largest absolute Gasteiger partial charge is 0.327 e. The molecular weight excluding hydrogens is 148 g/mol. The molecule has 2 nitrogen and oxygen atoms in total. The molecule has 0 amide bonds. The molecule has 4 bridgehead atoms. The van der Waals surface area contributed by atoms with Gasteiger partial charge in [-0.15, -0.1) is 0 Å². The maximum atomic E-state index is 6.33. The summed E-state index contributed by atoms with van der Waals surface area (Å²) in [6.07, 6.45) is 6.45. The summed E-state index contributed by atoms with van der Waals surface area (Å²) in [4.78, 5) is 0. The highest BCUT2D eigenvalue weighted by Gasteiger charge is 2.52. The Bertz CT molecular complexity index is 198. The third-order valence-corrected chi connectivity index (χ3v) is 4.39. The summed E-state index contributed by atoms with van der Waals surface area (Å²) in [5.41, 5.74) is 12.7. The lowest BCUT2D eigenvalue weighted by molar-refractivity contribution is -0.0173. The predicted octanol–water partition coefficient (Wildman–Crippen LogP) is 0.851. The Labute approximate surface area is 73.7 Å². The molecular formula is C10H18N2. The Morgan fingerprint density at radius 2 is 1.58 bits per heavy atom. The van der Waals surface area contributed by atoms with Crippen molar-refractivity contribution < 1.29 is 0 Å². The molecule has 4 fully saturated rings. The van der Waals surface area contributed by atoms with E-state index >= 15 is 0 Å². The van der Waals surface area contributed by atoms with Crippen LogP contribution in [-0.2, 0) is 0 Å². The minimum absolute atomic E-state index is 0.201. The first-order valence-electron chi connectivity index (χ1n) is 5.21. The summed E-state index contributed by atoms with van der Waals surface area (Å²) >= 11 is 0. The van der Waals surface area contributed by atoms with Crippen LogP contribution >= 0.6 is 0 Å². The van der Waals surface area contributed by atoms with Crippen LogP contribution in [0, 0.1) is 17.8 Å². The van der Waals surface area contributed by atoms with E-state index in [1.54, 1.807) is 0 Å². The molecule has 0 aromatic heterocycles. The van der Waals surface area contributed by atoms with Gasteiger partial charge in [0.1, 0.15) is 0 Å². The molecule has 12 heavy (non-hydrogen) atoms. The zero-order valence-corrected chi connectivity index (χ0v) is 7.50. The summed E-state index contributed by atoms with van der Waals surface area (Å²) in [6, 6.07) is 0.484. The first kappa shape index (κ1) is 7.34. The van der Waals surface area contributed by atoms with Crippen molar-refractivity contribution in [3.05, 3.63) is 0 Å². The minimum atomic E-state index is 0.201. The van der Waals surface area contributed by atoms with Gasteiger partial charge in [-0.25, -0.2) is 0 Å². The summed E-state index contributed by atoms with van der Waals surface area (Å²) < 4.78 is 0. The van der Waals surface area contributed by atoms with Crippen molar-refractivity contribution in [1.29, 1.82) is 0 Å². The van der Waals surface area contributed by atoms with E-state index in [1.807, 2.05) is 0 Å². The summed E-state index contributed by atoms with van der Waals surface area (Å²) in [5, 5.41) is 0. The molecule has 0 heterocycles. The fourth-order valence-electron chi connectivity index (χ4n) is 4.13. The van der Waals surface area contributed by atoms with Gasteiger partial charge in [0.05, 0.1) is 0 Å². The molecule has 0 aromatic carbocycles. The smallest absolute Gasteiger partial charge is 0.0163 e. The molecule has 68 valence electrons. The maximum Gasteiger partial charge on any atom is 0.0163 e. The Morgan fingerprint density at radius 3 is 2.08 bits per heavy atom. The number of nitrogens with two attached hydrogens (primary N) is 2. The molecule has 2 heteroatoms. The average molecular weight is 166 g/mol. The van der Waals surface area contributed by atoms with Gasteiger partial charge in [0, 0.05) is 11.6 Å². The van der Waals surface area contributed by atoms with Crippen LogP contribution in [-0.4, -0.2) is 11.6 Å². The molecule has 0 aromatic rings. The van der Waals surface area contributed by atoms with Crippen molar-refractivity contribution in [2.24, 2.45) is 29.2 Å². The number of rotatable bonds is 0. The third kappa shape index (κ3) is 0.826. The van der Waals surface area contributed by atoms with Crippen LogP contribution in [0.1, 0.15) is 32.1 Å². The third-order valence-electron chi connectivity index (χ3n) is 4.39. The molecule has 2 unspecified atom stereocenters. The van der Waals surface area contributed by atoms with Gasteiger partial charge in [0.15, 0.2) is 0 Å². The highest BCUT2D eigenvalue weighted by molar-refractivity contribution is 5.09. The van der Waals surface area contributed by atoms with Gasteiger partial charge in [0.2, 0.25) is 0 Å². The quantitative estimate of drug-likeness (QED) is 0.560. The molecule has 0 spiro atoms. The van der Waals surface area contributed by atoms with E-state index in [-0.39, 0.29) is 5.54 Å². The van der Waals surface area contributed by atoms with Gasteiger partial charge < -0.3 is 11.5 Å². The van der Waals surface area contributed by atoms with E-state index in [1.165, 1.54) is 32.1 Å². The van der Waals surface area contributed by atoms with E-state index < -0.39 is 0 Å². The SMILES string of the molecule is N[C@H]1C2CC3CC1C[C@](N)(C3)C2. The van der Waals surface area contributed by atoms with Gasteiger partial charge in [-0.05, 0) is 49.9 Å². The molecule has 2 atom stereocenters. The van der Waals surface area contributed by atoms with Crippen LogP contribution in [0.3, 0.4) is 0 Å². The van der Waals surface area contributed by atoms with Crippen LogP contribution in [0.2, 0.25) is 0 Å². The van der Waals surface area contributed by atoms with Gasteiger partial charge in [-0.2, -0.15) is 0 Å².